The van der Waals surface area contributed by atoms with E-state index in [9.17, 15) is 55.9 Å². The van der Waals surface area contributed by atoms with Crippen LogP contribution in [-0.4, -0.2) is 113 Å². The third-order valence-corrected chi connectivity index (χ3v) is 7.15. The second kappa shape index (κ2) is 11.1. The number of ether oxygens (including phenoxy) is 3. The molecule has 2 aliphatic heterocycles. The zero-order chi connectivity index (χ0) is 29.7. The van der Waals surface area contributed by atoms with Crippen molar-refractivity contribution in [3.63, 3.8) is 0 Å². The quantitative estimate of drug-likeness (QED) is 0.150. The zero-order valence-corrected chi connectivity index (χ0v) is 21.0. The molecule has 41 heavy (non-hydrogen) atoms. The lowest BCUT2D eigenvalue weighted by Gasteiger charge is -2.45. The van der Waals surface area contributed by atoms with Gasteiger partial charge in [-0.25, -0.2) is 0 Å². The van der Waals surface area contributed by atoms with Gasteiger partial charge in [0.25, 0.3) is 0 Å². The highest BCUT2D eigenvalue weighted by molar-refractivity contribution is 5.89. The van der Waals surface area contributed by atoms with Gasteiger partial charge in [0.2, 0.25) is 0 Å². The number of aliphatic hydroxyl groups excluding tert-OH is 6. The first-order chi connectivity index (χ1) is 19.4. The molecule has 0 radical (unpaired) electrons. The van der Waals surface area contributed by atoms with E-state index in [0.717, 1.165) is 24.3 Å². The summed E-state index contributed by atoms with van der Waals surface area (Å²) in [5, 5.41) is 102. The van der Waals surface area contributed by atoms with Crippen LogP contribution >= 0.6 is 0 Å². The van der Waals surface area contributed by atoms with Crippen LogP contribution in [0.15, 0.2) is 39.5 Å². The lowest BCUT2D eigenvalue weighted by Crippen LogP contribution is -2.60. The molecule has 3 heterocycles. The fourth-order valence-corrected chi connectivity index (χ4v) is 4.94. The van der Waals surface area contributed by atoms with Crippen LogP contribution in [0.5, 0.6) is 23.0 Å². The molecule has 222 valence electrons. The molecule has 2 fully saturated rings. The second-order valence-corrected chi connectivity index (χ2v) is 9.82. The molecule has 0 aliphatic carbocycles. The summed E-state index contributed by atoms with van der Waals surface area (Å²) in [7, 11) is 0. The summed E-state index contributed by atoms with van der Waals surface area (Å²) in [6.07, 6.45) is -15.1. The molecule has 15 heteroatoms. The highest BCUT2D eigenvalue weighted by atomic mass is 16.7. The van der Waals surface area contributed by atoms with Crippen molar-refractivity contribution in [2.75, 3.05) is 13.2 Å². The summed E-state index contributed by atoms with van der Waals surface area (Å²) in [6, 6.07) is 5.33. The Bertz CT molecular complexity index is 1490. The highest BCUT2D eigenvalue weighted by Gasteiger charge is 2.50. The first-order valence-corrected chi connectivity index (χ1v) is 12.4. The lowest BCUT2D eigenvalue weighted by atomic mass is 9.89. The average molecular weight is 580 g/mol. The number of hydrogen-bond donors (Lipinski definition) is 10. The van der Waals surface area contributed by atoms with Gasteiger partial charge in [-0.15, -0.1) is 0 Å². The summed E-state index contributed by atoms with van der Waals surface area (Å²) in [6.45, 7) is -1.28. The van der Waals surface area contributed by atoms with Crippen molar-refractivity contribution in [1.29, 1.82) is 0 Å². The van der Waals surface area contributed by atoms with Gasteiger partial charge in [-0.3, -0.25) is 4.79 Å². The standard InChI is InChI=1S/C26H28O15/c27-6-16-20(35)21(36)25(41-26-22(37)19(34)14(33)7-38-26)24(40-16)18-12(31)4-11(30)17-13(32)5-15(39-23(17)18)8-1-2-9(28)10(29)3-8/h1-5,14,16,19-22,24-31,33-37H,6-7H2/t14-,16+,19-,20+,21-,22+,24-,25+,26+/m0/s1. The van der Waals surface area contributed by atoms with E-state index in [4.69, 9.17) is 18.6 Å². The molecule has 1 aromatic heterocycles. The van der Waals surface area contributed by atoms with Gasteiger partial charge in [-0.1, -0.05) is 0 Å². The molecule has 0 spiro atoms. The molecule has 9 atom stereocenters. The minimum Gasteiger partial charge on any atom is -0.507 e. The largest absolute Gasteiger partial charge is 0.507 e. The molecule has 15 nitrogen and oxygen atoms in total. The Labute approximate surface area is 229 Å². The maximum atomic E-state index is 13.1. The van der Waals surface area contributed by atoms with E-state index >= 15 is 0 Å². The zero-order valence-electron chi connectivity index (χ0n) is 21.0. The van der Waals surface area contributed by atoms with Gasteiger partial charge in [0.15, 0.2) is 28.8 Å². The topological polar surface area (TPSA) is 260 Å². The van der Waals surface area contributed by atoms with Crippen molar-refractivity contribution in [2.24, 2.45) is 0 Å². The van der Waals surface area contributed by atoms with Gasteiger partial charge in [-0.2, -0.15) is 0 Å². The Balaban J connectivity index is 1.67. The summed E-state index contributed by atoms with van der Waals surface area (Å²) in [4.78, 5) is 13.1. The summed E-state index contributed by atoms with van der Waals surface area (Å²) >= 11 is 0. The fourth-order valence-electron chi connectivity index (χ4n) is 4.94. The molecular weight excluding hydrogens is 552 g/mol. The number of rotatable bonds is 5. The Kier molecular flexibility index (Phi) is 7.82. The maximum Gasteiger partial charge on any atom is 0.197 e. The van der Waals surface area contributed by atoms with Crippen molar-refractivity contribution in [2.45, 2.75) is 55.1 Å². The van der Waals surface area contributed by atoms with Gasteiger partial charge in [-0.05, 0) is 18.2 Å². The number of aromatic hydroxyl groups is 4. The van der Waals surface area contributed by atoms with E-state index in [-0.39, 0.29) is 16.9 Å². The molecule has 0 unspecified atom stereocenters. The van der Waals surface area contributed by atoms with E-state index in [1.54, 1.807) is 0 Å². The van der Waals surface area contributed by atoms with E-state index < -0.39 is 108 Å². The Morgan fingerprint density at radius 2 is 1.56 bits per heavy atom. The first kappa shape index (κ1) is 29.0. The van der Waals surface area contributed by atoms with Crippen molar-refractivity contribution >= 4 is 11.0 Å². The Morgan fingerprint density at radius 3 is 2.24 bits per heavy atom. The number of benzene rings is 2. The van der Waals surface area contributed by atoms with Crippen LogP contribution in [0, 0.1) is 0 Å². The van der Waals surface area contributed by atoms with Gasteiger partial charge in [0.05, 0.1) is 18.8 Å². The van der Waals surface area contributed by atoms with Gasteiger partial charge in [0, 0.05) is 17.7 Å². The normalized spacial score (nSPS) is 32.3. The van der Waals surface area contributed by atoms with Crippen molar-refractivity contribution < 1.29 is 69.7 Å². The number of hydrogen-bond acceptors (Lipinski definition) is 15. The third kappa shape index (κ3) is 5.07. The smallest absolute Gasteiger partial charge is 0.197 e. The van der Waals surface area contributed by atoms with Crippen LogP contribution in [0.25, 0.3) is 22.3 Å². The van der Waals surface area contributed by atoms with E-state index in [2.05, 4.69) is 0 Å². The van der Waals surface area contributed by atoms with Gasteiger partial charge in [0.1, 0.15) is 71.5 Å². The average Bonchev–Trinajstić information content (AvgIpc) is 2.93. The highest BCUT2D eigenvalue weighted by Crippen LogP contribution is 2.45. The SMILES string of the molecule is O=c1cc(-c2ccc(O)c(O)c2)oc2c([C@@H]3O[C@H](CO)[C@@H](O)[C@H](O)[C@H]3O[C@H]3OC[C@H](O)[C@H](O)[C@H]3O)c(O)cc(O)c12. The molecule has 0 saturated carbocycles. The van der Waals surface area contributed by atoms with Crippen LogP contribution in [-0.2, 0) is 14.2 Å². The van der Waals surface area contributed by atoms with Crippen LogP contribution in [0.1, 0.15) is 11.7 Å². The fraction of sp³-hybridized carbons (Fsp3) is 0.423. The number of fused-ring (bicyclic) bond motifs is 1. The minimum absolute atomic E-state index is 0.111. The molecule has 2 aromatic carbocycles. The minimum atomic E-state index is -1.88. The van der Waals surface area contributed by atoms with Crippen LogP contribution < -0.4 is 5.43 Å². The molecule has 5 rings (SSSR count). The second-order valence-electron chi connectivity index (χ2n) is 9.82. The third-order valence-electron chi connectivity index (χ3n) is 7.15. The predicted octanol–water partition coefficient (Wildman–Crippen LogP) is -1.74. The van der Waals surface area contributed by atoms with E-state index in [1.807, 2.05) is 0 Å². The summed E-state index contributed by atoms with van der Waals surface area (Å²) in [5.41, 5.74) is -1.53. The number of aliphatic hydroxyl groups is 6. The molecule has 2 saturated heterocycles. The molecular formula is C26H28O15. The van der Waals surface area contributed by atoms with Crippen molar-refractivity contribution in [3.8, 4) is 34.3 Å². The number of phenols is 4. The van der Waals surface area contributed by atoms with Crippen LogP contribution in [0.3, 0.4) is 0 Å². The van der Waals surface area contributed by atoms with Gasteiger partial charge < -0.3 is 69.7 Å². The van der Waals surface area contributed by atoms with E-state index in [1.165, 1.54) is 6.07 Å². The number of phenolic OH excluding ortho intramolecular Hbond substituents is 4. The molecule has 10 N–H and O–H groups in total. The summed E-state index contributed by atoms with van der Waals surface area (Å²) in [5.74, 6) is -2.57. The van der Waals surface area contributed by atoms with E-state index in [0.29, 0.717) is 0 Å². The van der Waals surface area contributed by atoms with Crippen LogP contribution in [0.2, 0.25) is 0 Å². The van der Waals surface area contributed by atoms with Gasteiger partial charge >= 0.3 is 0 Å². The predicted molar refractivity (Wildman–Crippen MR) is 134 cm³/mol. The van der Waals surface area contributed by atoms with Crippen LogP contribution in [0.4, 0.5) is 0 Å². The lowest BCUT2D eigenvalue weighted by molar-refractivity contribution is -0.325. The maximum absolute atomic E-state index is 13.1. The summed E-state index contributed by atoms with van der Waals surface area (Å²) < 4.78 is 22.6. The molecule has 0 bridgehead atoms. The molecule has 3 aromatic rings. The molecule has 2 aliphatic rings. The Morgan fingerprint density at radius 1 is 0.829 bits per heavy atom. The monoisotopic (exact) mass is 580 g/mol. The van der Waals surface area contributed by atoms with Crippen molar-refractivity contribution in [1.82, 2.24) is 0 Å². The Hall–Kier alpha value is -3.51. The first-order valence-electron chi connectivity index (χ1n) is 12.4. The van der Waals surface area contributed by atoms with Crippen molar-refractivity contribution in [3.05, 3.63) is 46.1 Å². The molecule has 0 amide bonds.